The fraction of sp³-hybridized carbons (Fsp3) is 0.647. The summed E-state index contributed by atoms with van der Waals surface area (Å²) in [5.41, 5.74) is 1.03. The standard InChI is InChI=1S/C17H23NO3S/c1-11(19)13-5-12(7-22-13)15(20)18-6-14-16(2,3)8-17(14,9-18)10-21-4/h5,7,14H,6,8-10H2,1-4H3/t14-,17-/m1/s1. The molecule has 0 N–H and O–H groups in total. The number of ketones is 1. The van der Waals surface area contributed by atoms with Crippen LogP contribution in [0.4, 0.5) is 0 Å². The highest BCUT2D eigenvalue weighted by Crippen LogP contribution is 2.62. The number of amides is 1. The van der Waals surface area contributed by atoms with E-state index in [1.54, 1.807) is 18.6 Å². The lowest BCUT2D eigenvalue weighted by Gasteiger charge is -2.56. The summed E-state index contributed by atoms with van der Waals surface area (Å²) in [4.78, 5) is 26.7. The number of carbonyl (C=O) groups excluding carboxylic acids is 2. The lowest BCUT2D eigenvalue weighted by atomic mass is 9.48. The highest BCUT2D eigenvalue weighted by atomic mass is 32.1. The first-order valence-corrected chi connectivity index (χ1v) is 8.55. The molecule has 4 nitrogen and oxygen atoms in total. The lowest BCUT2D eigenvalue weighted by Crippen LogP contribution is -2.55. The van der Waals surface area contributed by atoms with Crippen LogP contribution >= 0.6 is 11.3 Å². The Morgan fingerprint density at radius 3 is 2.73 bits per heavy atom. The van der Waals surface area contributed by atoms with Gasteiger partial charge in [0.1, 0.15) is 0 Å². The van der Waals surface area contributed by atoms with Gasteiger partial charge in [0.25, 0.3) is 5.91 Å². The second-order valence-corrected chi connectivity index (χ2v) is 8.37. The van der Waals surface area contributed by atoms with Crippen molar-refractivity contribution in [1.82, 2.24) is 4.90 Å². The molecule has 5 heteroatoms. The number of Topliss-reactive ketones (excluding diaryl/α,β-unsaturated/α-hetero) is 1. The van der Waals surface area contributed by atoms with Gasteiger partial charge in [-0.3, -0.25) is 9.59 Å². The topological polar surface area (TPSA) is 46.6 Å². The number of nitrogens with zero attached hydrogens (tertiary/aromatic N) is 1. The van der Waals surface area contributed by atoms with Crippen LogP contribution < -0.4 is 0 Å². The predicted octanol–water partition coefficient (Wildman–Crippen LogP) is 3.09. The maximum atomic E-state index is 12.7. The van der Waals surface area contributed by atoms with E-state index in [4.69, 9.17) is 4.74 Å². The molecule has 22 heavy (non-hydrogen) atoms. The molecule has 1 aliphatic carbocycles. The second-order valence-electron chi connectivity index (χ2n) is 7.45. The Labute approximate surface area is 135 Å². The largest absolute Gasteiger partial charge is 0.384 e. The smallest absolute Gasteiger partial charge is 0.254 e. The van der Waals surface area contributed by atoms with Crippen molar-refractivity contribution < 1.29 is 14.3 Å². The van der Waals surface area contributed by atoms with E-state index in [9.17, 15) is 9.59 Å². The summed E-state index contributed by atoms with van der Waals surface area (Å²) in [6, 6.07) is 1.73. The first-order chi connectivity index (χ1) is 10.3. The molecular weight excluding hydrogens is 298 g/mol. The van der Waals surface area contributed by atoms with Gasteiger partial charge in [-0.25, -0.2) is 0 Å². The minimum atomic E-state index is 0.0162. The van der Waals surface area contributed by atoms with E-state index < -0.39 is 0 Å². The molecule has 2 heterocycles. The number of ether oxygens (including phenoxy) is 1. The van der Waals surface area contributed by atoms with Crippen molar-refractivity contribution in [2.45, 2.75) is 27.2 Å². The van der Waals surface area contributed by atoms with Crippen molar-refractivity contribution in [3.8, 4) is 0 Å². The number of rotatable bonds is 4. The molecule has 0 spiro atoms. The van der Waals surface area contributed by atoms with Gasteiger partial charge in [0.05, 0.1) is 17.0 Å². The van der Waals surface area contributed by atoms with Gasteiger partial charge < -0.3 is 9.64 Å². The Morgan fingerprint density at radius 1 is 1.45 bits per heavy atom. The fourth-order valence-electron chi connectivity index (χ4n) is 4.58. The van der Waals surface area contributed by atoms with Crippen LogP contribution in [0, 0.1) is 16.7 Å². The van der Waals surface area contributed by atoms with Gasteiger partial charge in [0.15, 0.2) is 5.78 Å². The van der Waals surface area contributed by atoms with Crippen LogP contribution in [0.15, 0.2) is 11.4 Å². The van der Waals surface area contributed by atoms with Crippen molar-refractivity contribution in [3.63, 3.8) is 0 Å². The third kappa shape index (κ3) is 2.31. The van der Waals surface area contributed by atoms with Crippen LogP contribution in [0.3, 0.4) is 0 Å². The van der Waals surface area contributed by atoms with E-state index in [1.807, 2.05) is 4.90 Å². The van der Waals surface area contributed by atoms with Gasteiger partial charge in [-0.2, -0.15) is 0 Å². The molecule has 0 radical (unpaired) electrons. The highest BCUT2D eigenvalue weighted by Gasteiger charge is 2.63. The Hall–Kier alpha value is -1.20. The lowest BCUT2D eigenvalue weighted by molar-refractivity contribution is -0.107. The van der Waals surface area contributed by atoms with Gasteiger partial charge in [0.2, 0.25) is 0 Å². The van der Waals surface area contributed by atoms with E-state index in [0.717, 1.165) is 19.5 Å². The molecule has 2 atom stereocenters. The molecule has 2 aliphatic rings. The molecule has 1 amide bonds. The number of fused-ring (bicyclic) bond motifs is 1. The molecule has 2 fully saturated rings. The summed E-state index contributed by atoms with van der Waals surface area (Å²) in [5, 5.41) is 1.80. The molecule has 0 aromatic carbocycles. The van der Waals surface area contributed by atoms with Crippen molar-refractivity contribution in [2.75, 3.05) is 26.8 Å². The average Bonchev–Trinajstić information content (AvgIpc) is 3.01. The van der Waals surface area contributed by atoms with E-state index in [1.165, 1.54) is 18.3 Å². The fourth-order valence-corrected chi connectivity index (χ4v) is 5.36. The molecule has 1 aromatic rings. The van der Waals surface area contributed by atoms with E-state index in [0.29, 0.717) is 23.0 Å². The summed E-state index contributed by atoms with van der Waals surface area (Å²) in [6.07, 6.45) is 1.10. The maximum Gasteiger partial charge on any atom is 0.254 e. The first kappa shape index (κ1) is 15.7. The van der Waals surface area contributed by atoms with Crippen LogP contribution in [0.25, 0.3) is 0 Å². The summed E-state index contributed by atoms with van der Waals surface area (Å²) < 4.78 is 5.43. The minimum absolute atomic E-state index is 0.0162. The van der Waals surface area contributed by atoms with Gasteiger partial charge >= 0.3 is 0 Å². The number of thiophene rings is 1. The quantitative estimate of drug-likeness (QED) is 0.801. The van der Waals surface area contributed by atoms with Crippen molar-refractivity contribution in [1.29, 1.82) is 0 Å². The van der Waals surface area contributed by atoms with Crippen LogP contribution in [0.1, 0.15) is 47.2 Å². The van der Waals surface area contributed by atoms with Crippen molar-refractivity contribution in [2.24, 2.45) is 16.7 Å². The zero-order chi connectivity index (χ0) is 16.1. The van der Waals surface area contributed by atoms with Crippen LogP contribution in [0.2, 0.25) is 0 Å². The Kier molecular flexibility index (Phi) is 3.68. The van der Waals surface area contributed by atoms with E-state index in [-0.39, 0.29) is 22.5 Å². The third-order valence-electron chi connectivity index (χ3n) is 5.31. The zero-order valence-electron chi connectivity index (χ0n) is 13.6. The summed E-state index contributed by atoms with van der Waals surface area (Å²) in [7, 11) is 1.74. The average molecular weight is 321 g/mol. The number of hydrogen-bond acceptors (Lipinski definition) is 4. The molecule has 120 valence electrons. The summed E-state index contributed by atoms with van der Waals surface area (Å²) in [6.45, 7) is 8.36. The minimum Gasteiger partial charge on any atom is -0.384 e. The number of methoxy groups -OCH3 is 1. The Bertz CT molecular complexity index is 621. The zero-order valence-corrected chi connectivity index (χ0v) is 14.5. The molecule has 1 saturated carbocycles. The molecule has 0 unspecified atom stereocenters. The van der Waals surface area contributed by atoms with Gasteiger partial charge in [-0.15, -0.1) is 11.3 Å². The van der Waals surface area contributed by atoms with Gasteiger partial charge in [-0.05, 0) is 30.7 Å². The molecule has 1 saturated heterocycles. The molecule has 1 aliphatic heterocycles. The second kappa shape index (κ2) is 5.17. The number of carbonyl (C=O) groups is 2. The summed E-state index contributed by atoms with van der Waals surface area (Å²) >= 11 is 1.35. The summed E-state index contributed by atoms with van der Waals surface area (Å²) in [5.74, 6) is 0.557. The predicted molar refractivity (Wildman–Crippen MR) is 86.4 cm³/mol. The monoisotopic (exact) mass is 321 g/mol. The molecular formula is C17H23NO3S. The molecule has 3 rings (SSSR count). The Morgan fingerprint density at radius 2 is 2.18 bits per heavy atom. The van der Waals surface area contributed by atoms with Crippen LogP contribution in [-0.4, -0.2) is 43.4 Å². The first-order valence-electron chi connectivity index (χ1n) is 7.67. The SMILES string of the molecule is COC[C@@]12CN(C(=O)c3csc(C(C)=O)c3)C[C@@H]1C(C)(C)C2. The molecule has 1 aromatic heterocycles. The maximum absolute atomic E-state index is 12.7. The van der Waals surface area contributed by atoms with Crippen LogP contribution in [0.5, 0.6) is 0 Å². The number of hydrogen-bond donors (Lipinski definition) is 0. The van der Waals surface area contributed by atoms with E-state index >= 15 is 0 Å². The van der Waals surface area contributed by atoms with E-state index in [2.05, 4.69) is 13.8 Å². The van der Waals surface area contributed by atoms with Gasteiger partial charge in [-0.1, -0.05) is 13.8 Å². The highest BCUT2D eigenvalue weighted by molar-refractivity contribution is 7.12. The normalized spacial score (nSPS) is 29.1. The third-order valence-corrected chi connectivity index (χ3v) is 6.34. The van der Waals surface area contributed by atoms with Gasteiger partial charge in [0, 0.05) is 31.0 Å². The Balaban J connectivity index is 1.78. The van der Waals surface area contributed by atoms with Crippen molar-refractivity contribution >= 4 is 23.0 Å². The molecule has 0 bridgehead atoms. The van der Waals surface area contributed by atoms with Crippen molar-refractivity contribution in [3.05, 3.63) is 21.9 Å². The number of likely N-dealkylation sites (tertiary alicyclic amines) is 1. The van der Waals surface area contributed by atoms with Crippen LogP contribution in [-0.2, 0) is 4.74 Å².